The van der Waals surface area contributed by atoms with Gasteiger partial charge in [0, 0.05) is 19.0 Å². The molecular formula is C16H21FN4O. The van der Waals surface area contributed by atoms with Crippen molar-refractivity contribution in [3.8, 4) is 0 Å². The minimum absolute atomic E-state index is 0.117. The molecule has 6 heteroatoms. The number of urea groups is 1. The van der Waals surface area contributed by atoms with Gasteiger partial charge in [-0.25, -0.2) is 14.2 Å². The Morgan fingerprint density at radius 2 is 2.14 bits per heavy atom. The van der Waals surface area contributed by atoms with Gasteiger partial charge < -0.3 is 15.6 Å². The molecule has 1 aromatic heterocycles. The molecule has 0 unspecified atom stereocenters. The van der Waals surface area contributed by atoms with Crippen LogP contribution >= 0.6 is 0 Å². The summed E-state index contributed by atoms with van der Waals surface area (Å²) >= 11 is 0. The van der Waals surface area contributed by atoms with E-state index in [0.29, 0.717) is 24.5 Å². The van der Waals surface area contributed by atoms with E-state index >= 15 is 0 Å². The van der Waals surface area contributed by atoms with Gasteiger partial charge in [0.15, 0.2) is 0 Å². The highest BCUT2D eigenvalue weighted by Crippen LogP contribution is 2.17. The third kappa shape index (κ3) is 3.75. The smallest absolute Gasteiger partial charge is 0.315 e. The van der Waals surface area contributed by atoms with E-state index < -0.39 is 0 Å². The fourth-order valence-electron chi connectivity index (χ4n) is 2.93. The van der Waals surface area contributed by atoms with Gasteiger partial charge in [-0.2, -0.15) is 0 Å². The molecule has 0 atom stereocenters. The molecule has 1 aliphatic rings. The first-order valence-electron chi connectivity index (χ1n) is 7.89. The number of halogens is 1. The number of benzene rings is 1. The molecule has 0 saturated heterocycles. The number of rotatable bonds is 4. The minimum Gasteiger partial charge on any atom is -0.342 e. The van der Waals surface area contributed by atoms with E-state index in [0.717, 1.165) is 24.2 Å². The van der Waals surface area contributed by atoms with Gasteiger partial charge in [0.05, 0.1) is 11.0 Å². The predicted molar refractivity (Wildman–Crippen MR) is 83.2 cm³/mol. The van der Waals surface area contributed by atoms with Crippen LogP contribution in [0.2, 0.25) is 0 Å². The number of fused-ring (bicyclic) bond motifs is 1. The second-order valence-corrected chi connectivity index (χ2v) is 5.83. The predicted octanol–water partition coefficient (Wildman–Crippen LogP) is 2.88. The SMILES string of the molecule is O=C(NCCc1nc2ccc(F)cc2[nH]1)NC1CCCCC1. The number of hydrogen-bond acceptors (Lipinski definition) is 2. The summed E-state index contributed by atoms with van der Waals surface area (Å²) in [6.45, 7) is 0.501. The Balaban J connectivity index is 1.46. The molecule has 1 fully saturated rings. The van der Waals surface area contributed by atoms with E-state index in [2.05, 4.69) is 20.6 Å². The Morgan fingerprint density at radius 1 is 1.32 bits per heavy atom. The van der Waals surface area contributed by atoms with Gasteiger partial charge >= 0.3 is 6.03 Å². The minimum atomic E-state index is -0.285. The van der Waals surface area contributed by atoms with Crippen LogP contribution in [0.3, 0.4) is 0 Å². The van der Waals surface area contributed by atoms with Crippen LogP contribution in [0.15, 0.2) is 18.2 Å². The summed E-state index contributed by atoms with van der Waals surface area (Å²) in [5.74, 6) is 0.464. The Bertz CT molecular complexity index is 649. The van der Waals surface area contributed by atoms with Crippen LogP contribution in [0.25, 0.3) is 11.0 Å². The molecule has 3 rings (SSSR count). The maximum Gasteiger partial charge on any atom is 0.315 e. The van der Waals surface area contributed by atoms with Crippen molar-refractivity contribution in [3.05, 3.63) is 29.8 Å². The number of nitrogens with zero attached hydrogens (tertiary/aromatic N) is 1. The number of carbonyl (C=O) groups excluding carboxylic acids is 1. The maximum atomic E-state index is 13.1. The van der Waals surface area contributed by atoms with Gasteiger partial charge in [0.25, 0.3) is 0 Å². The number of carbonyl (C=O) groups is 1. The topological polar surface area (TPSA) is 69.8 Å². The average Bonchev–Trinajstić information content (AvgIpc) is 2.90. The Labute approximate surface area is 128 Å². The summed E-state index contributed by atoms with van der Waals surface area (Å²) in [4.78, 5) is 19.3. The molecule has 3 N–H and O–H groups in total. The zero-order valence-corrected chi connectivity index (χ0v) is 12.5. The fraction of sp³-hybridized carbons (Fsp3) is 0.500. The van der Waals surface area contributed by atoms with Crippen LogP contribution in [-0.2, 0) is 6.42 Å². The summed E-state index contributed by atoms with van der Waals surface area (Å²) in [5, 5.41) is 5.86. The first-order chi connectivity index (χ1) is 10.7. The lowest BCUT2D eigenvalue weighted by Gasteiger charge is -2.22. The highest BCUT2D eigenvalue weighted by Gasteiger charge is 2.15. The van der Waals surface area contributed by atoms with Crippen LogP contribution in [0, 0.1) is 5.82 Å². The molecule has 1 saturated carbocycles. The highest BCUT2D eigenvalue weighted by atomic mass is 19.1. The summed E-state index contributed by atoms with van der Waals surface area (Å²) in [7, 11) is 0. The molecule has 0 aliphatic heterocycles. The van der Waals surface area contributed by atoms with Gasteiger partial charge in [-0.05, 0) is 31.0 Å². The number of imidazole rings is 1. The van der Waals surface area contributed by atoms with E-state index in [1.165, 1.54) is 31.4 Å². The van der Waals surface area contributed by atoms with Gasteiger partial charge in [0.1, 0.15) is 11.6 Å². The lowest BCUT2D eigenvalue weighted by atomic mass is 9.96. The molecule has 118 valence electrons. The fourth-order valence-corrected chi connectivity index (χ4v) is 2.93. The normalized spacial score (nSPS) is 15.9. The average molecular weight is 304 g/mol. The van der Waals surface area contributed by atoms with Crippen molar-refractivity contribution >= 4 is 17.1 Å². The first-order valence-corrected chi connectivity index (χ1v) is 7.89. The number of aromatic nitrogens is 2. The van der Waals surface area contributed by atoms with Crippen LogP contribution in [0.1, 0.15) is 37.9 Å². The molecule has 1 heterocycles. The van der Waals surface area contributed by atoms with Gasteiger partial charge in [0.2, 0.25) is 0 Å². The lowest BCUT2D eigenvalue weighted by Crippen LogP contribution is -2.43. The van der Waals surface area contributed by atoms with Crippen molar-refractivity contribution in [2.24, 2.45) is 0 Å². The first kappa shape index (κ1) is 14.8. The van der Waals surface area contributed by atoms with Crippen LogP contribution in [0.5, 0.6) is 0 Å². The van der Waals surface area contributed by atoms with Crippen molar-refractivity contribution < 1.29 is 9.18 Å². The Morgan fingerprint density at radius 3 is 2.95 bits per heavy atom. The second-order valence-electron chi connectivity index (χ2n) is 5.83. The van der Waals surface area contributed by atoms with E-state index in [-0.39, 0.29) is 11.8 Å². The van der Waals surface area contributed by atoms with Crippen molar-refractivity contribution in [3.63, 3.8) is 0 Å². The number of hydrogen-bond donors (Lipinski definition) is 3. The number of nitrogens with one attached hydrogen (secondary N) is 3. The molecule has 0 radical (unpaired) electrons. The molecule has 1 aromatic carbocycles. The molecular weight excluding hydrogens is 283 g/mol. The molecule has 0 spiro atoms. The van der Waals surface area contributed by atoms with Crippen LogP contribution in [0.4, 0.5) is 9.18 Å². The Kier molecular flexibility index (Phi) is 4.56. The molecule has 2 amide bonds. The van der Waals surface area contributed by atoms with E-state index in [9.17, 15) is 9.18 Å². The molecule has 2 aromatic rings. The molecule has 1 aliphatic carbocycles. The zero-order valence-electron chi connectivity index (χ0n) is 12.5. The van der Waals surface area contributed by atoms with Crippen molar-refractivity contribution in [2.45, 2.75) is 44.6 Å². The number of aromatic amines is 1. The highest BCUT2D eigenvalue weighted by molar-refractivity contribution is 5.75. The lowest BCUT2D eigenvalue weighted by molar-refractivity contribution is 0.233. The summed E-state index contributed by atoms with van der Waals surface area (Å²) in [5.41, 5.74) is 1.42. The second kappa shape index (κ2) is 6.77. The van der Waals surface area contributed by atoms with E-state index in [4.69, 9.17) is 0 Å². The van der Waals surface area contributed by atoms with Crippen LogP contribution < -0.4 is 10.6 Å². The molecule has 5 nitrogen and oxygen atoms in total. The number of H-pyrrole nitrogens is 1. The monoisotopic (exact) mass is 304 g/mol. The summed E-state index contributed by atoms with van der Waals surface area (Å²) in [6.07, 6.45) is 6.40. The van der Waals surface area contributed by atoms with Gasteiger partial charge in [-0.15, -0.1) is 0 Å². The maximum absolute atomic E-state index is 13.1. The van der Waals surface area contributed by atoms with Gasteiger partial charge in [-0.3, -0.25) is 0 Å². The van der Waals surface area contributed by atoms with Crippen molar-refractivity contribution in [2.75, 3.05) is 6.54 Å². The van der Waals surface area contributed by atoms with Crippen molar-refractivity contribution in [1.82, 2.24) is 20.6 Å². The number of amides is 2. The third-order valence-corrected chi connectivity index (χ3v) is 4.08. The molecule has 22 heavy (non-hydrogen) atoms. The summed E-state index contributed by atoms with van der Waals surface area (Å²) in [6, 6.07) is 4.66. The zero-order chi connectivity index (χ0) is 15.4. The Hall–Kier alpha value is -2.11. The quantitative estimate of drug-likeness (QED) is 0.813. The van der Waals surface area contributed by atoms with Gasteiger partial charge in [-0.1, -0.05) is 19.3 Å². The van der Waals surface area contributed by atoms with E-state index in [1.54, 1.807) is 6.07 Å². The summed E-state index contributed by atoms with van der Waals surface area (Å²) < 4.78 is 13.1. The van der Waals surface area contributed by atoms with E-state index in [1.807, 2.05) is 0 Å². The largest absolute Gasteiger partial charge is 0.342 e. The van der Waals surface area contributed by atoms with Crippen LogP contribution in [-0.4, -0.2) is 28.6 Å². The molecule has 0 bridgehead atoms. The third-order valence-electron chi connectivity index (χ3n) is 4.08. The standard InChI is InChI=1S/C16H21FN4O/c17-11-6-7-13-14(10-11)21-15(20-13)8-9-18-16(22)19-12-4-2-1-3-5-12/h6-7,10,12H,1-5,8-9H2,(H,20,21)(H2,18,19,22). The van der Waals surface area contributed by atoms with Crippen molar-refractivity contribution in [1.29, 1.82) is 0 Å².